The van der Waals surface area contributed by atoms with E-state index in [1.807, 2.05) is 28.8 Å². The summed E-state index contributed by atoms with van der Waals surface area (Å²) < 4.78 is 7.05. The number of amides is 3. The molecule has 0 aliphatic carbocycles. The number of methoxy groups -OCH3 is 1. The van der Waals surface area contributed by atoms with Crippen molar-refractivity contribution in [2.45, 2.75) is 24.0 Å². The summed E-state index contributed by atoms with van der Waals surface area (Å²) >= 11 is 7.15. The summed E-state index contributed by atoms with van der Waals surface area (Å²) in [5.41, 5.74) is 1.32. The van der Waals surface area contributed by atoms with Crippen LogP contribution in [0.25, 0.3) is 5.69 Å². The molecule has 0 radical (unpaired) electrons. The van der Waals surface area contributed by atoms with Gasteiger partial charge in [0.05, 0.1) is 12.9 Å². The molecule has 2 heterocycles. The number of nitrogens with one attached hydrogen (secondary N) is 2. The van der Waals surface area contributed by atoms with Crippen LogP contribution in [0.15, 0.2) is 53.7 Å². The maximum absolute atomic E-state index is 12.6. The molecule has 170 valence electrons. The number of carbonyl (C=O) groups is 3. The van der Waals surface area contributed by atoms with Crippen molar-refractivity contribution in [1.82, 2.24) is 25.4 Å². The molecule has 1 aliphatic heterocycles. The highest BCUT2D eigenvalue weighted by molar-refractivity contribution is 7.99. The SMILES string of the molecule is COc1ccc(-n2c(CC3CC(=O)NC(=O)N3)nnc2SCC(=O)c2ccc(Cl)cc2)cc1. The largest absolute Gasteiger partial charge is 0.497 e. The quantitative estimate of drug-likeness (QED) is 0.372. The van der Waals surface area contributed by atoms with Crippen molar-refractivity contribution < 1.29 is 19.1 Å². The van der Waals surface area contributed by atoms with Crippen molar-refractivity contribution in [3.8, 4) is 11.4 Å². The lowest BCUT2D eigenvalue weighted by atomic mass is 10.1. The van der Waals surface area contributed by atoms with Gasteiger partial charge < -0.3 is 10.1 Å². The van der Waals surface area contributed by atoms with Gasteiger partial charge in [0.1, 0.15) is 11.6 Å². The molecular weight excluding hydrogens is 466 g/mol. The second-order valence-electron chi connectivity index (χ2n) is 7.28. The van der Waals surface area contributed by atoms with Gasteiger partial charge in [-0.3, -0.25) is 19.5 Å². The van der Waals surface area contributed by atoms with Gasteiger partial charge in [-0.2, -0.15) is 0 Å². The molecule has 2 aromatic carbocycles. The third-order valence-corrected chi connectivity index (χ3v) is 6.16. The molecule has 9 nitrogen and oxygen atoms in total. The van der Waals surface area contributed by atoms with Crippen LogP contribution in [-0.2, 0) is 11.2 Å². The molecule has 1 fully saturated rings. The average molecular weight is 486 g/mol. The van der Waals surface area contributed by atoms with Crippen LogP contribution in [0.2, 0.25) is 5.02 Å². The van der Waals surface area contributed by atoms with E-state index in [4.69, 9.17) is 16.3 Å². The van der Waals surface area contributed by atoms with Gasteiger partial charge in [-0.25, -0.2) is 4.79 Å². The van der Waals surface area contributed by atoms with Gasteiger partial charge >= 0.3 is 6.03 Å². The molecule has 1 saturated heterocycles. The Bertz CT molecular complexity index is 1160. The Morgan fingerprint density at radius 2 is 1.88 bits per heavy atom. The van der Waals surface area contributed by atoms with Crippen molar-refractivity contribution in [1.29, 1.82) is 0 Å². The van der Waals surface area contributed by atoms with E-state index in [-0.39, 0.29) is 23.9 Å². The summed E-state index contributed by atoms with van der Waals surface area (Å²) in [6, 6.07) is 13.1. The molecule has 3 amide bonds. The lowest BCUT2D eigenvalue weighted by Gasteiger charge is -2.23. The molecule has 0 saturated carbocycles. The molecule has 0 spiro atoms. The fourth-order valence-corrected chi connectivity index (χ4v) is 4.37. The number of halogens is 1. The van der Waals surface area contributed by atoms with E-state index >= 15 is 0 Å². The number of nitrogens with zero attached hydrogens (tertiary/aromatic N) is 3. The predicted molar refractivity (Wildman–Crippen MR) is 123 cm³/mol. The maximum Gasteiger partial charge on any atom is 0.321 e. The number of benzene rings is 2. The van der Waals surface area contributed by atoms with Crippen LogP contribution in [0.5, 0.6) is 5.75 Å². The number of Topliss-reactive ketones (excluding diaryl/α,β-unsaturated/α-hetero) is 1. The van der Waals surface area contributed by atoms with Crippen molar-refractivity contribution in [3.63, 3.8) is 0 Å². The first-order valence-electron chi connectivity index (χ1n) is 10.0. The minimum Gasteiger partial charge on any atom is -0.497 e. The molecule has 3 aromatic rings. The van der Waals surface area contributed by atoms with Crippen molar-refractivity contribution in [3.05, 3.63) is 64.9 Å². The molecule has 33 heavy (non-hydrogen) atoms. The van der Waals surface area contributed by atoms with Gasteiger partial charge in [-0.15, -0.1) is 10.2 Å². The summed E-state index contributed by atoms with van der Waals surface area (Å²) in [4.78, 5) is 36.1. The van der Waals surface area contributed by atoms with Crippen LogP contribution < -0.4 is 15.4 Å². The molecule has 1 aliphatic rings. The number of rotatable bonds is 8. The summed E-state index contributed by atoms with van der Waals surface area (Å²) in [6.07, 6.45) is 0.433. The zero-order valence-electron chi connectivity index (χ0n) is 17.6. The number of hydrogen-bond donors (Lipinski definition) is 2. The summed E-state index contributed by atoms with van der Waals surface area (Å²) in [7, 11) is 1.58. The topological polar surface area (TPSA) is 115 Å². The first kappa shape index (κ1) is 22.8. The van der Waals surface area contributed by atoms with E-state index in [1.54, 1.807) is 31.4 Å². The first-order valence-corrected chi connectivity index (χ1v) is 11.4. The van der Waals surface area contributed by atoms with Gasteiger partial charge in [0.2, 0.25) is 5.91 Å². The van der Waals surface area contributed by atoms with Crippen molar-refractivity contribution in [2.24, 2.45) is 0 Å². The van der Waals surface area contributed by atoms with E-state index in [9.17, 15) is 14.4 Å². The molecule has 1 atom stereocenters. The van der Waals surface area contributed by atoms with Gasteiger partial charge in [0, 0.05) is 35.2 Å². The van der Waals surface area contributed by atoms with Crippen LogP contribution in [-0.4, -0.2) is 51.4 Å². The predicted octanol–water partition coefficient (Wildman–Crippen LogP) is 3.04. The Balaban J connectivity index is 1.59. The highest BCUT2D eigenvalue weighted by atomic mass is 35.5. The molecule has 2 N–H and O–H groups in total. The third-order valence-electron chi connectivity index (χ3n) is 4.98. The Kier molecular flexibility index (Phi) is 6.95. The molecule has 1 aromatic heterocycles. The van der Waals surface area contributed by atoms with Crippen LogP contribution in [0.1, 0.15) is 22.6 Å². The van der Waals surface area contributed by atoms with E-state index in [1.165, 1.54) is 11.8 Å². The Hall–Kier alpha value is -3.37. The number of thioether (sulfide) groups is 1. The lowest BCUT2D eigenvalue weighted by Crippen LogP contribution is -2.53. The number of imide groups is 1. The molecule has 0 bridgehead atoms. The average Bonchev–Trinajstić information content (AvgIpc) is 3.19. The van der Waals surface area contributed by atoms with E-state index in [2.05, 4.69) is 20.8 Å². The number of ether oxygens (including phenoxy) is 1. The van der Waals surface area contributed by atoms with Gasteiger partial charge in [0.15, 0.2) is 10.9 Å². The zero-order valence-corrected chi connectivity index (χ0v) is 19.2. The summed E-state index contributed by atoms with van der Waals surface area (Å²) in [5.74, 6) is 0.984. The van der Waals surface area contributed by atoms with Gasteiger partial charge in [-0.05, 0) is 48.5 Å². The van der Waals surface area contributed by atoms with Crippen molar-refractivity contribution in [2.75, 3.05) is 12.9 Å². The number of carbonyl (C=O) groups excluding carboxylic acids is 3. The van der Waals surface area contributed by atoms with Gasteiger partial charge in [0.25, 0.3) is 0 Å². The molecule has 4 rings (SSSR count). The second kappa shape index (κ2) is 10.1. The Morgan fingerprint density at radius 1 is 1.15 bits per heavy atom. The van der Waals surface area contributed by atoms with E-state index < -0.39 is 12.1 Å². The second-order valence-corrected chi connectivity index (χ2v) is 8.66. The van der Waals surface area contributed by atoms with Crippen LogP contribution in [0.4, 0.5) is 4.79 Å². The number of aromatic nitrogens is 3. The highest BCUT2D eigenvalue weighted by Crippen LogP contribution is 2.26. The Labute approximate surface area is 198 Å². The summed E-state index contributed by atoms with van der Waals surface area (Å²) in [5, 5.41) is 14.6. The first-order chi connectivity index (χ1) is 15.9. The monoisotopic (exact) mass is 485 g/mol. The fraction of sp³-hybridized carbons (Fsp3) is 0.227. The van der Waals surface area contributed by atoms with Gasteiger partial charge in [-0.1, -0.05) is 23.4 Å². The van der Waals surface area contributed by atoms with E-state index in [0.29, 0.717) is 33.7 Å². The Morgan fingerprint density at radius 3 is 2.55 bits per heavy atom. The molecular formula is C22H20ClN5O4S. The molecule has 1 unspecified atom stereocenters. The normalized spacial score (nSPS) is 15.6. The zero-order chi connectivity index (χ0) is 23.4. The number of ketones is 1. The minimum absolute atomic E-state index is 0.0706. The fourth-order valence-electron chi connectivity index (χ4n) is 3.38. The van der Waals surface area contributed by atoms with Crippen LogP contribution in [0.3, 0.4) is 0 Å². The number of urea groups is 1. The van der Waals surface area contributed by atoms with Crippen LogP contribution in [0, 0.1) is 0 Å². The minimum atomic E-state index is -0.532. The maximum atomic E-state index is 12.6. The smallest absolute Gasteiger partial charge is 0.321 e. The third kappa shape index (κ3) is 5.52. The van der Waals surface area contributed by atoms with Crippen molar-refractivity contribution >= 4 is 41.1 Å². The molecule has 11 heteroatoms. The highest BCUT2D eigenvalue weighted by Gasteiger charge is 2.27. The van der Waals surface area contributed by atoms with Crippen LogP contribution >= 0.6 is 23.4 Å². The standard InChI is InChI=1S/C22H20ClN5O4S/c1-32-17-8-6-16(7-9-17)28-19(10-15-11-20(30)25-21(31)24-15)26-27-22(28)33-12-18(29)13-2-4-14(23)5-3-13/h2-9,15H,10-12H2,1H3,(H2,24,25,30,31). The van der Waals surface area contributed by atoms with E-state index in [0.717, 1.165) is 5.69 Å². The number of hydrogen-bond acceptors (Lipinski definition) is 7. The lowest BCUT2D eigenvalue weighted by molar-refractivity contribution is -0.121. The summed E-state index contributed by atoms with van der Waals surface area (Å²) in [6.45, 7) is 0.